The van der Waals surface area contributed by atoms with Crippen molar-refractivity contribution < 1.29 is 4.74 Å². The Balaban J connectivity index is 2.36. The van der Waals surface area contributed by atoms with Crippen LogP contribution in [0.15, 0.2) is 18.2 Å². The number of alkyl halides is 1. The molecule has 0 aromatic heterocycles. The lowest BCUT2D eigenvalue weighted by Crippen LogP contribution is -2.24. The monoisotopic (exact) mass is 210 g/mol. The molecule has 1 nitrogen and oxygen atoms in total. The van der Waals surface area contributed by atoms with E-state index in [-0.39, 0.29) is 11.0 Å². The molecule has 0 radical (unpaired) electrons. The van der Waals surface area contributed by atoms with Crippen molar-refractivity contribution >= 4 is 11.6 Å². The van der Waals surface area contributed by atoms with E-state index in [2.05, 4.69) is 32.0 Å². The lowest BCUT2D eigenvalue weighted by atomic mass is 10.0. The summed E-state index contributed by atoms with van der Waals surface area (Å²) >= 11 is 6.02. The van der Waals surface area contributed by atoms with Crippen molar-refractivity contribution in [2.45, 2.75) is 38.2 Å². The molecule has 2 heteroatoms. The molecule has 1 atom stereocenters. The molecule has 0 bridgehead atoms. The minimum atomic E-state index is -0.0590. The molecule has 1 aliphatic rings. The van der Waals surface area contributed by atoms with Gasteiger partial charge in [-0.25, -0.2) is 0 Å². The Hall–Kier alpha value is -0.690. The lowest BCUT2D eigenvalue weighted by Gasteiger charge is -2.17. The summed E-state index contributed by atoms with van der Waals surface area (Å²) in [4.78, 5) is 0. The Labute approximate surface area is 90.0 Å². The van der Waals surface area contributed by atoms with E-state index in [0.717, 1.165) is 17.7 Å². The van der Waals surface area contributed by atoms with Crippen LogP contribution in [0.4, 0.5) is 0 Å². The van der Waals surface area contributed by atoms with E-state index in [1.165, 1.54) is 5.56 Å². The van der Waals surface area contributed by atoms with Gasteiger partial charge in [0.05, 0.1) is 5.38 Å². The standard InChI is InChI=1S/C12H15ClO/c1-8(13)9-4-5-10-7-12(2,3)14-11(10)6-9/h4-6,8H,7H2,1-3H3. The Morgan fingerprint density at radius 2 is 2.14 bits per heavy atom. The molecule has 0 spiro atoms. The maximum absolute atomic E-state index is 6.02. The highest BCUT2D eigenvalue weighted by molar-refractivity contribution is 6.20. The number of halogens is 1. The van der Waals surface area contributed by atoms with Gasteiger partial charge in [0.1, 0.15) is 11.4 Å². The summed E-state index contributed by atoms with van der Waals surface area (Å²) in [6.07, 6.45) is 0.985. The molecular formula is C12H15ClO. The van der Waals surface area contributed by atoms with Crippen LogP contribution in [0, 0.1) is 0 Å². The van der Waals surface area contributed by atoms with Crippen molar-refractivity contribution in [2.75, 3.05) is 0 Å². The number of ether oxygens (including phenoxy) is 1. The first-order chi connectivity index (χ1) is 6.48. The molecule has 14 heavy (non-hydrogen) atoms. The molecule has 1 aliphatic heterocycles. The second-order valence-corrected chi connectivity index (χ2v) is 5.18. The van der Waals surface area contributed by atoms with Crippen molar-refractivity contribution in [1.29, 1.82) is 0 Å². The Morgan fingerprint density at radius 3 is 2.79 bits per heavy atom. The highest BCUT2D eigenvalue weighted by atomic mass is 35.5. The van der Waals surface area contributed by atoms with E-state index >= 15 is 0 Å². The van der Waals surface area contributed by atoms with Crippen LogP contribution in [0.1, 0.15) is 37.3 Å². The zero-order valence-corrected chi connectivity index (χ0v) is 9.56. The molecule has 0 saturated carbocycles. The van der Waals surface area contributed by atoms with Gasteiger partial charge in [0.2, 0.25) is 0 Å². The van der Waals surface area contributed by atoms with Crippen LogP contribution in [0.3, 0.4) is 0 Å². The molecule has 1 aromatic rings. The van der Waals surface area contributed by atoms with Gasteiger partial charge >= 0.3 is 0 Å². The number of hydrogen-bond acceptors (Lipinski definition) is 1. The van der Waals surface area contributed by atoms with Gasteiger partial charge in [-0.2, -0.15) is 0 Å². The van der Waals surface area contributed by atoms with Crippen LogP contribution in [-0.4, -0.2) is 5.60 Å². The average Bonchev–Trinajstić information content (AvgIpc) is 2.36. The number of fused-ring (bicyclic) bond motifs is 1. The molecule has 1 aromatic carbocycles. The van der Waals surface area contributed by atoms with E-state index in [1.54, 1.807) is 0 Å². The van der Waals surface area contributed by atoms with Gasteiger partial charge in [-0.05, 0) is 38.0 Å². The van der Waals surface area contributed by atoms with Gasteiger partial charge in [-0.15, -0.1) is 11.6 Å². The molecular weight excluding hydrogens is 196 g/mol. The fourth-order valence-electron chi connectivity index (χ4n) is 1.85. The molecule has 1 heterocycles. The lowest BCUT2D eigenvalue weighted by molar-refractivity contribution is 0.138. The highest BCUT2D eigenvalue weighted by Gasteiger charge is 2.29. The van der Waals surface area contributed by atoms with Crippen LogP contribution < -0.4 is 4.74 Å². The highest BCUT2D eigenvalue weighted by Crippen LogP contribution is 2.37. The Bertz CT molecular complexity index is 355. The molecule has 0 aliphatic carbocycles. The maximum Gasteiger partial charge on any atom is 0.123 e. The zero-order chi connectivity index (χ0) is 10.3. The predicted octanol–water partition coefficient (Wildman–Crippen LogP) is 3.70. The molecule has 76 valence electrons. The van der Waals surface area contributed by atoms with Crippen molar-refractivity contribution in [3.8, 4) is 5.75 Å². The molecule has 0 N–H and O–H groups in total. The van der Waals surface area contributed by atoms with Crippen molar-refractivity contribution in [3.05, 3.63) is 29.3 Å². The van der Waals surface area contributed by atoms with Crippen LogP contribution in [0.2, 0.25) is 0 Å². The van der Waals surface area contributed by atoms with Crippen LogP contribution in [0.5, 0.6) is 5.75 Å². The van der Waals surface area contributed by atoms with Crippen molar-refractivity contribution in [3.63, 3.8) is 0 Å². The van der Waals surface area contributed by atoms with Gasteiger partial charge < -0.3 is 4.74 Å². The second kappa shape index (κ2) is 3.16. The first-order valence-corrected chi connectivity index (χ1v) is 5.37. The van der Waals surface area contributed by atoms with Crippen molar-refractivity contribution in [2.24, 2.45) is 0 Å². The van der Waals surface area contributed by atoms with E-state index in [1.807, 2.05) is 6.92 Å². The largest absolute Gasteiger partial charge is 0.487 e. The third-order valence-corrected chi connectivity index (χ3v) is 2.80. The van der Waals surface area contributed by atoms with E-state index in [0.29, 0.717) is 0 Å². The first kappa shape index (κ1) is 9.85. The molecule has 0 fully saturated rings. The maximum atomic E-state index is 6.02. The Kier molecular flexibility index (Phi) is 2.23. The number of rotatable bonds is 1. The van der Waals surface area contributed by atoms with Gasteiger partial charge in [0, 0.05) is 6.42 Å². The summed E-state index contributed by atoms with van der Waals surface area (Å²) in [6, 6.07) is 6.27. The van der Waals surface area contributed by atoms with Gasteiger partial charge in [0.25, 0.3) is 0 Å². The second-order valence-electron chi connectivity index (χ2n) is 4.52. The third kappa shape index (κ3) is 1.74. The smallest absolute Gasteiger partial charge is 0.123 e. The van der Waals surface area contributed by atoms with Crippen LogP contribution in [-0.2, 0) is 6.42 Å². The third-order valence-electron chi connectivity index (χ3n) is 2.55. The summed E-state index contributed by atoms with van der Waals surface area (Å²) in [6.45, 7) is 6.19. The summed E-state index contributed by atoms with van der Waals surface area (Å²) in [5.41, 5.74) is 2.36. The minimum absolute atomic E-state index is 0.0487. The summed E-state index contributed by atoms with van der Waals surface area (Å²) in [7, 11) is 0. The zero-order valence-electron chi connectivity index (χ0n) is 8.80. The molecule has 2 rings (SSSR count). The van der Waals surface area contributed by atoms with Gasteiger partial charge in [-0.3, -0.25) is 0 Å². The average molecular weight is 211 g/mol. The van der Waals surface area contributed by atoms with Gasteiger partial charge in [-0.1, -0.05) is 12.1 Å². The fraction of sp³-hybridized carbons (Fsp3) is 0.500. The van der Waals surface area contributed by atoms with E-state index in [4.69, 9.17) is 16.3 Å². The van der Waals surface area contributed by atoms with Gasteiger partial charge in [0.15, 0.2) is 0 Å². The van der Waals surface area contributed by atoms with E-state index in [9.17, 15) is 0 Å². The topological polar surface area (TPSA) is 9.23 Å². The quantitative estimate of drug-likeness (QED) is 0.643. The number of hydrogen-bond donors (Lipinski definition) is 0. The number of benzene rings is 1. The van der Waals surface area contributed by atoms with E-state index < -0.39 is 0 Å². The molecule has 1 unspecified atom stereocenters. The summed E-state index contributed by atoms with van der Waals surface area (Å²) in [5, 5.41) is 0.0487. The van der Waals surface area contributed by atoms with Crippen LogP contribution >= 0.6 is 11.6 Å². The predicted molar refractivity (Wildman–Crippen MR) is 59.1 cm³/mol. The SMILES string of the molecule is CC(Cl)c1ccc2c(c1)OC(C)(C)C2. The summed E-state index contributed by atoms with van der Waals surface area (Å²) in [5.74, 6) is 1.00. The normalized spacial score (nSPS) is 20.0. The van der Waals surface area contributed by atoms with Crippen LogP contribution in [0.25, 0.3) is 0 Å². The minimum Gasteiger partial charge on any atom is -0.487 e. The molecule has 0 saturated heterocycles. The fourth-order valence-corrected chi connectivity index (χ4v) is 1.99. The summed E-state index contributed by atoms with van der Waals surface area (Å²) < 4.78 is 5.83. The molecule has 0 amide bonds. The Morgan fingerprint density at radius 1 is 1.43 bits per heavy atom. The van der Waals surface area contributed by atoms with Crippen molar-refractivity contribution in [1.82, 2.24) is 0 Å². The first-order valence-electron chi connectivity index (χ1n) is 4.94.